The molecule has 2 aromatic carbocycles. The molecule has 0 radical (unpaired) electrons. The van der Waals surface area contributed by atoms with Gasteiger partial charge < -0.3 is 10.2 Å². The molecule has 1 N–H and O–H groups in total. The van der Waals surface area contributed by atoms with E-state index in [1.807, 2.05) is 14.1 Å². The van der Waals surface area contributed by atoms with E-state index in [1.54, 1.807) is 18.2 Å². The minimum atomic E-state index is -0.00711. The molecular formula is C19H21N3O. The lowest BCUT2D eigenvalue weighted by molar-refractivity contribution is 0.101. The average molecular weight is 307 g/mol. The van der Waals surface area contributed by atoms with E-state index >= 15 is 0 Å². The van der Waals surface area contributed by atoms with Gasteiger partial charge in [0.2, 0.25) is 0 Å². The molecule has 0 fully saturated rings. The molecule has 4 heteroatoms. The van der Waals surface area contributed by atoms with Crippen LogP contribution < -0.4 is 10.2 Å². The van der Waals surface area contributed by atoms with E-state index in [1.165, 1.54) is 18.2 Å². The van der Waals surface area contributed by atoms with Crippen molar-refractivity contribution in [1.29, 1.82) is 5.26 Å². The molecule has 0 heterocycles. The largest absolute Gasteiger partial charge is 0.384 e. The number of anilines is 2. The Morgan fingerprint density at radius 1 is 1.17 bits per heavy atom. The van der Waals surface area contributed by atoms with Crippen LogP contribution in [0, 0.1) is 11.3 Å². The van der Waals surface area contributed by atoms with Gasteiger partial charge in [0.05, 0.1) is 11.6 Å². The number of Topliss-reactive ketones (excluding diaryl/α,β-unsaturated/α-hetero) is 1. The summed E-state index contributed by atoms with van der Waals surface area (Å²) < 4.78 is 0. The van der Waals surface area contributed by atoms with E-state index in [2.05, 4.69) is 40.6 Å². The minimum Gasteiger partial charge on any atom is -0.384 e. The number of benzene rings is 2. The number of ketones is 1. The Kier molecular flexibility index (Phi) is 5.37. The third-order valence-electron chi connectivity index (χ3n) is 3.71. The van der Waals surface area contributed by atoms with Crippen molar-refractivity contribution >= 4 is 17.2 Å². The summed E-state index contributed by atoms with van der Waals surface area (Å²) in [5, 5.41) is 12.3. The Bertz CT molecular complexity index is 727. The van der Waals surface area contributed by atoms with E-state index in [0.29, 0.717) is 17.7 Å². The van der Waals surface area contributed by atoms with Crippen LogP contribution in [-0.2, 0) is 6.42 Å². The second-order valence-corrected chi connectivity index (χ2v) is 5.67. The molecule has 0 amide bonds. The molecule has 0 aliphatic heterocycles. The highest BCUT2D eigenvalue weighted by Gasteiger charge is 2.08. The Morgan fingerprint density at radius 3 is 2.43 bits per heavy atom. The first-order valence-electron chi connectivity index (χ1n) is 7.56. The van der Waals surface area contributed by atoms with Gasteiger partial charge in [-0.05, 0) is 49.2 Å². The molecule has 0 spiro atoms. The Balaban J connectivity index is 2.03. The number of nitrogens with one attached hydrogen (secondary N) is 1. The molecule has 0 aliphatic carbocycles. The van der Waals surface area contributed by atoms with Crippen molar-refractivity contribution < 1.29 is 4.79 Å². The maximum absolute atomic E-state index is 11.7. The SMILES string of the molecule is CC(=O)c1ccc(C#N)cc1NCCc1ccc(N(C)C)cc1. The monoisotopic (exact) mass is 307 g/mol. The first-order chi connectivity index (χ1) is 11.0. The third kappa shape index (κ3) is 4.33. The van der Waals surface area contributed by atoms with Gasteiger partial charge in [0.1, 0.15) is 0 Å². The molecule has 0 saturated carbocycles. The highest BCUT2D eigenvalue weighted by molar-refractivity contribution is 5.99. The molecule has 23 heavy (non-hydrogen) atoms. The molecule has 0 aromatic heterocycles. The van der Waals surface area contributed by atoms with Gasteiger partial charge in [-0.3, -0.25) is 4.79 Å². The number of hydrogen-bond donors (Lipinski definition) is 1. The van der Waals surface area contributed by atoms with Crippen molar-refractivity contribution in [2.75, 3.05) is 30.9 Å². The zero-order chi connectivity index (χ0) is 16.8. The fraction of sp³-hybridized carbons (Fsp3) is 0.263. The van der Waals surface area contributed by atoms with Gasteiger partial charge in [0.15, 0.2) is 5.78 Å². The molecule has 2 aromatic rings. The minimum absolute atomic E-state index is 0.00711. The number of nitrogens with zero attached hydrogens (tertiary/aromatic N) is 2. The smallest absolute Gasteiger partial charge is 0.161 e. The summed E-state index contributed by atoms with van der Waals surface area (Å²) in [5.74, 6) is -0.00711. The standard InChI is InChI=1S/C19H21N3O/c1-14(23)18-9-6-16(13-20)12-19(18)21-11-10-15-4-7-17(8-5-15)22(2)3/h4-9,12,21H,10-11H2,1-3H3. The van der Waals surface area contributed by atoms with Crippen molar-refractivity contribution in [2.24, 2.45) is 0 Å². The van der Waals surface area contributed by atoms with Gasteiger partial charge in [0.25, 0.3) is 0 Å². The van der Waals surface area contributed by atoms with Crippen LogP contribution in [0.4, 0.5) is 11.4 Å². The summed E-state index contributed by atoms with van der Waals surface area (Å²) in [7, 11) is 4.03. The van der Waals surface area contributed by atoms with Crippen LogP contribution in [0.3, 0.4) is 0 Å². The normalized spacial score (nSPS) is 10.0. The summed E-state index contributed by atoms with van der Waals surface area (Å²) in [5.41, 5.74) is 4.28. The number of carbonyl (C=O) groups is 1. The third-order valence-corrected chi connectivity index (χ3v) is 3.71. The van der Waals surface area contributed by atoms with Crippen molar-refractivity contribution in [3.63, 3.8) is 0 Å². The summed E-state index contributed by atoms with van der Waals surface area (Å²) in [4.78, 5) is 13.7. The molecule has 0 atom stereocenters. The van der Waals surface area contributed by atoms with Gasteiger partial charge in [-0.15, -0.1) is 0 Å². The van der Waals surface area contributed by atoms with Crippen LogP contribution in [-0.4, -0.2) is 26.4 Å². The quantitative estimate of drug-likeness (QED) is 0.830. The lowest BCUT2D eigenvalue weighted by Crippen LogP contribution is -2.10. The average Bonchev–Trinajstić information content (AvgIpc) is 2.55. The Morgan fingerprint density at radius 2 is 1.87 bits per heavy atom. The molecule has 0 saturated heterocycles. The van der Waals surface area contributed by atoms with Crippen LogP contribution >= 0.6 is 0 Å². The van der Waals surface area contributed by atoms with Crippen LogP contribution in [0.2, 0.25) is 0 Å². The van der Waals surface area contributed by atoms with Gasteiger partial charge in [-0.25, -0.2) is 0 Å². The van der Waals surface area contributed by atoms with Crippen molar-refractivity contribution in [1.82, 2.24) is 0 Å². The van der Waals surface area contributed by atoms with Gasteiger partial charge >= 0.3 is 0 Å². The first-order valence-corrected chi connectivity index (χ1v) is 7.56. The maximum atomic E-state index is 11.7. The lowest BCUT2D eigenvalue weighted by atomic mass is 10.1. The molecule has 2 rings (SSSR count). The molecule has 0 unspecified atom stereocenters. The predicted molar refractivity (Wildman–Crippen MR) is 94.1 cm³/mol. The first kappa shape index (κ1) is 16.6. The molecule has 0 aliphatic rings. The Hall–Kier alpha value is -2.80. The zero-order valence-electron chi connectivity index (χ0n) is 13.8. The molecule has 118 valence electrons. The second kappa shape index (κ2) is 7.46. The van der Waals surface area contributed by atoms with Gasteiger partial charge in [-0.2, -0.15) is 5.26 Å². The summed E-state index contributed by atoms with van der Waals surface area (Å²) >= 11 is 0. The predicted octanol–water partition coefficient (Wildman–Crippen LogP) is 3.48. The number of carbonyl (C=O) groups excluding carboxylic acids is 1. The number of hydrogen-bond acceptors (Lipinski definition) is 4. The zero-order valence-corrected chi connectivity index (χ0v) is 13.8. The van der Waals surface area contributed by atoms with Crippen LogP contribution in [0.15, 0.2) is 42.5 Å². The molecule has 0 bridgehead atoms. The number of nitriles is 1. The molecule has 4 nitrogen and oxygen atoms in total. The van der Waals surface area contributed by atoms with Crippen LogP contribution in [0.5, 0.6) is 0 Å². The van der Waals surface area contributed by atoms with E-state index in [-0.39, 0.29) is 5.78 Å². The van der Waals surface area contributed by atoms with Crippen molar-refractivity contribution in [2.45, 2.75) is 13.3 Å². The van der Waals surface area contributed by atoms with Gasteiger partial charge in [-0.1, -0.05) is 12.1 Å². The Labute approximate surface area is 137 Å². The van der Waals surface area contributed by atoms with Crippen molar-refractivity contribution in [3.8, 4) is 6.07 Å². The lowest BCUT2D eigenvalue weighted by Gasteiger charge is -2.13. The van der Waals surface area contributed by atoms with Gasteiger partial charge in [0, 0.05) is 37.6 Å². The van der Waals surface area contributed by atoms with Crippen LogP contribution in [0.25, 0.3) is 0 Å². The highest BCUT2D eigenvalue weighted by atomic mass is 16.1. The molecular weight excluding hydrogens is 286 g/mol. The topological polar surface area (TPSA) is 56.1 Å². The van der Waals surface area contributed by atoms with E-state index in [4.69, 9.17) is 5.26 Å². The van der Waals surface area contributed by atoms with E-state index < -0.39 is 0 Å². The summed E-state index contributed by atoms with van der Waals surface area (Å²) in [6, 6.07) is 15.6. The van der Waals surface area contributed by atoms with Crippen molar-refractivity contribution in [3.05, 3.63) is 59.2 Å². The highest BCUT2D eigenvalue weighted by Crippen LogP contribution is 2.19. The maximum Gasteiger partial charge on any atom is 0.161 e. The van der Waals surface area contributed by atoms with E-state index in [9.17, 15) is 4.79 Å². The number of rotatable bonds is 6. The van der Waals surface area contributed by atoms with Crippen LogP contribution in [0.1, 0.15) is 28.4 Å². The fourth-order valence-electron chi connectivity index (χ4n) is 2.37. The summed E-state index contributed by atoms with van der Waals surface area (Å²) in [6.07, 6.45) is 0.849. The fourth-order valence-corrected chi connectivity index (χ4v) is 2.37. The van der Waals surface area contributed by atoms with E-state index in [0.717, 1.165) is 12.1 Å². The second-order valence-electron chi connectivity index (χ2n) is 5.67. The summed E-state index contributed by atoms with van der Waals surface area (Å²) in [6.45, 7) is 2.24.